The second-order valence-electron chi connectivity index (χ2n) is 8.37. The molecule has 0 aliphatic carbocycles. The Bertz CT molecular complexity index is 836. The second kappa shape index (κ2) is 9.18. The zero-order valence-corrected chi connectivity index (χ0v) is 18.6. The van der Waals surface area contributed by atoms with Gasteiger partial charge >= 0.3 is 6.09 Å². The van der Waals surface area contributed by atoms with Crippen molar-refractivity contribution < 1.29 is 19.4 Å². The van der Waals surface area contributed by atoms with Crippen LogP contribution in [0.2, 0.25) is 0 Å². The van der Waals surface area contributed by atoms with Crippen LogP contribution in [0.1, 0.15) is 44.2 Å². The van der Waals surface area contributed by atoms with Crippen molar-refractivity contribution in [1.82, 2.24) is 4.90 Å². The first kappa shape index (κ1) is 20.2. The number of likely N-dealkylation sites (tertiary alicyclic amines) is 1. The molecule has 0 spiro atoms. The first-order valence-corrected chi connectivity index (χ1v) is 10.6. The average molecular weight is 464 g/mol. The molecule has 2 aromatic carbocycles. The summed E-state index contributed by atoms with van der Waals surface area (Å²) in [5, 5.41) is 4.54. The van der Waals surface area contributed by atoms with Gasteiger partial charge in [-0.25, -0.2) is 4.79 Å². The van der Waals surface area contributed by atoms with Gasteiger partial charge in [-0.3, -0.25) is 0 Å². The van der Waals surface area contributed by atoms with Gasteiger partial charge in [-0.1, -0.05) is 40.2 Å². The van der Waals surface area contributed by atoms with Gasteiger partial charge in [-0.2, -0.15) is 0 Å². The third-order valence-electron chi connectivity index (χ3n) is 4.90. The van der Waals surface area contributed by atoms with Crippen LogP contribution in [0, 0.1) is 0 Å². The van der Waals surface area contributed by atoms with E-state index in [4.69, 9.17) is 10.9 Å². The number of nitrogens with zero attached hydrogens (tertiary/aromatic N) is 1. The van der Waals surface area contributed by atoms with Crippen molar-refractivity contribution in [2.75, 3.05) is 13.1 Å². The Morgan fingerprint density at radius 3 is 2.52 bits per heavy atom. The fourth-order valence-corrected chi connectivity index (χ4v) is 3.72. The van der Waals surface area contributed by atoms with Crippen LogP contribution < -0.4 is 0 Å². The molecule has 0 radical (unpaired) electrons. The van der Waals surface area contributed by atoms with Crippen LogP contribution in [0.5, 0.6) is 5.75 Å². The zero-order chi connectivity index (χ0) is 21.7. The van der Waals surface area contributed by atoms with Crippen LogP contribution in [-0.2, 0) is 16.1 Å². The van der Waals surface area contributed by atoms with Crippen molar-refractivity contribution in [2.24, 2.45) is 0 Å². The fourth-order valence-electron chi connectivity index (χ4n) is 3.46. The number of ether oxygens (including phenoxy) is 2. The summed E-state index contributed by atoms with van der Waals surface area (Å²) in [5.74, 6) is 0.635. The van der Waals surface area contributed by atoms with E-state index in [1.54, 1.807) is 17.0 Å². The Morgan fingerprint density at radius 2 is 1.90 bits per heavy atom. The SMILES string of the molecule is [3H]Oc1ccc([C@H]2CCN(C(=O)OC(C)(C)C)C[C@@H]2OCc2ccc(Br)cc2)cc1. The molecule has 5 nitrogen and oxygen atoms in total. The molecule has 1 N–H and O–H groups in total. The summed E-state index contributed by atoms with van der Waals surface area (Å²) in [4.78, 5) is 14.3. The Hall–Kier alpha value is -2.05. The molecule has 156 valence electrons. The van der Waals surface area contributed by atoms with Gasteiger partial charge in [0.1, 0.15) is 11.4 Å². The van der Waals surface area contributed by atoms with Gasteiger partial charge in [0.15, 0.2) is 0 Å². The summed E-state index contributed by atoms with van der Waals surface area (Å²) in [7, 11) is 0. The van der Waals surface area contributed by atoms with E-state index in [0.29, 0.717) is 25.4 Å². The molecule has 0 aromatic heterocycles. The highest BCUT2D eigenvalue weighted by Gasteiger charge is 2.35. The topological polar surface area (TPSA) is 59.0 Å². The monoisotopic (exact) mass is 463 g/mol. The quantitative estimate of drug-likeness (QED) is 0.638. The normalized spacial score (nSPS) is 20.1. The molecule has 3 rings (SSSR count). The van der Waals surface area contributed by atoms with E-state index < -0.39 is 5.60 Å². The lowest BCUT2D eigenvalue weighted by molar-refractivity contribution is -0.0359. The van der Waals surface area contributed by atoms with Gasteiger partial charge in [-0.15, -0.1) is 0 Å². The molecule has 6 heteroatoms. The van der Waals surface area contributed by atoms with Gasteiger partial charge < -0.3 is 19.5 Å². The van der Waals surface area contributed by atoms with Gasteiger partial charge in [0, 0.05) is 16.9 Å². The van der Waals surface area contributed by atoms with Crippen molar-refractivity contribution >= 4 is 22.0 Å². The lowest BCUT2D eigenvalue weighted by Crippen LogP contribution is -2.48. The van der Waals surface area contributed by atoms with Crippen LogP contribution >= 0.6 is 15.9 Å². The number of benzene rings is 2. The molecule has 0 bridgehead atoms. The van der Waals surface area contributed by atoms with Crippen molar-refractivity contribution in [1.29, 1.82) is 1.43 Å². The molecular weight excluding hydrogens is 434 g/mol. The molecule has 29 heavy (non-hydrogen) atoms. The first-order chi connectivity index (χ1) is 14.2. The number of carbonyl (C=O) groups excluding carboxylic acids is 1. The van der Waals surface area contributed by atoms with E-state index in [2.05, 4.69) is 21.0 Å². The van der Waals surface area contributed by atoms with Crippen LogP contribution in [0.4, 0.5) is 4.79 Å². The summed E-state index contributed by atoms with van der Waals surface area (Å²) in [6.45, 7) is 7.14. The highest BCUT2D eigenvalue weighted by Crippen LogP contribution is 2.32. The fraction of sp³-hybridized carbons (Fsp3) is 0.435. The smallest absolute Gasteiger partial charge is 0.410 e. The number of piperidine rings is 1. The van der Waals surface area contributed by atoms with Crippen LogP contribution in [0.25, 0.3) is 0 Å². The Balaban J connectivity index is 1.75. The van der Waals surface area contributed by atoms with E-state index in [-0.39, 0.29) is 18.1 Å². The molecule has 2 aromatic rings. The lowest BCUT2D eigenvalue weighted by atomic mass is 9.87. The van der Waals surface area contributed by atoms with Crippen LogP contribution in [0.3, 0.4) is 0 Å². The van der Waals surface area contributed by atoms with Crippen molar-refractivity contribution in [3.8, 4) is 5.75 Å². The molecular formula is C23H28BrNO4. The number of aromatic hydroxyl groups is 1. The minimum absolute atomic E-state index is 0.138. The summed E-state index contributed by atoms with van der Waals surface area (Å²) in [6.07, 6.45) is 0.291. The summed E-state index contributed by atoms with van der Waals surface area (Å²) < 4.78 is 19.9. The molecule has 1 fully saturated rings. The van der Waals surface area contributed by atoms with Crippen molar-refractivity contribution in [3.05, 3.63) is 64.1 Å². The number of rotatable bonds is 5. The molecule has 2 atom stereocenters. The van der Waals surface area contributed by atoms with E-state index >= 15 is 0 Å². The maximum Gasteiger partial charge on any atom is 0.410 e. The molecule has 1 saturated heterocycles. The maximum absolute atomic E-state index is 12.6. The van der Waals surface area contributed by atoms with Crippen LogP contribution in [0.15, 0.2) is 53.0 Å². The summed E-state index contributed by atoms with van der Waals surface area (Å²) in [6, 6.07) is 15.5. The molecule has 0 saturated carbocycles. The minimum Gasteiger partial charge on any atom is -0.508 e. The van der Waals surface area contributed by atoms with Crippen molar-refractivity contribution in [3.63, 3.8) is 0 Å². The predicted octanol–water partition coefficient (Wildman–Crippen LogP) is 5.46. The highest BCUT2D eigenvalue weighted by atomic mass is 79.9. The largest absolute Gasteiger partial charge is 0.508 e. The molecule has 1 heterocycles. The molecule has 1 aliphatic rings. The third kappa shape index (κ3) is 6.21. The number of phenols is 1. The number of hydrogen-bond acceptors (Lipinski definition) is 4. The molecule has 1 aliphatic heterocycles. The Morgan fingerprint density at radius 1 is 1.21 bits per heavy atom. The zero-order valence-electron chi connectivity index (χ0n) is 18.1. The number of phenolic OH excluding ortho intramolecular Hbond substituents is 1. The summed E-state index contributed by atoms with van der Waals surface area (Å²) in [5.41, 5.74) is 1.65. The Kier molecular flexibility index (Phi) is 6.40. The van der Waals surface area contributed by atoms with E-state index in [0.717, 1.165) is 22.0 Å². The number of amides is 1. The minimum atomic E-state index is -0.534. The van der Waals surface area contributed by atoms with Gasteiger partial charge in [0.2, 0.25) is 0 Å². The molecule has 1 amide bonds. The average Bonchev–Trinajstić information content (AvgIpc) is 2.72. The maximum atomic E-state index is 12.6. The highest BCUT2D eigenvalue weighted by molar-refractivity contribution is 9.10. The first-order valence-electron chi connectivity index (χ1n) is 10.2. The van der Waals surface area contributed by atoms with Gasteiger partial charge in [0.25, 0.3) is 1.43 Å². The molecule has 0 unspecified atom stereocenters. The van der Waals surface area contributed by atoms with Gasteiger partial charge in [0.05, 0.1) is 19.3 Å². The lowest BCUT2D eigenvalue weighted by Gasteiger charge is -2.39. The van der Waals surface area contributed by atoms with Gasteiger partial charge in [-0.05, 0) is 62.6 Å². The summed E-state index contributed by atoms with van der Waals surface area (Å²) >= 11 is 3.45. The van der Waals surface area contributed by atoms with E-state index in [9.17, 15) is 4.79 Å². The standard InChI is InChI=1S/C23H28BrNO4/c1-23(2,3)29-22(27)25-13-12-20(17-6-10-19(26)11-7-17)21(14-25)28-15-16-4-8-18(24)9-5-16/h4-11,20-21,26H,12-15H2,1-3H3/t20-,21+/m1/s1/i/hT. The Labute approximate surface area is 182 Å². The number of hydrogen-bond donors (Lipinski definition) is 1. The van der Waals surface area contributed by atoms with E-state index in [1.165, 1.54) is 0 Å². The predicted molar refractivity (Wildman–Crippen MR) is 116 cm³/mol. The number of carbonyl (C=O) groups is 1. The van der Waals surface area contributed by atoms with Crippen LogP contribution in [-0.4, -0.2) is 42.3 Å². The van der Waals surface area contributed by atoms with E-state index in [1.807, 2.05) is 57.2 Å². The number of halogens is 1. The third-order valence-corrected chi connectivity index (χ3v) is 5.43. The van der Waals surface area contributed by atoms with Crippen molar-refractivity contribution in [2.45, 2.75) is 51.4 Å². The second-order valence-corrected chi connectivity index (χ2v) is 9.28.